The molecule has 228 valence electrons. The van der Waals surface area contributed by atoms with Crippen LogP contribution in [0, 0.1) is 0 Å². The Labute approximate surface area is 261 Å². The molecule has 0 saturated carbocycles. The average molecular weight is 605 g/mol. The number of aliphatic hydroxyl groups excluding tert-OH is 1. The number of aliphatic hydroxyl groups is 1. The van der Waals surface area contributed by atoms with Crippen molar-refractivity contribution >= 4 is 29.7 Å². The molecule has 0 aliphatic carbocycles. The first-order valence-electron chi connectivity index (χ1n) is 14.0. The molecule has 0 aliphatic rings. The van der Waals surface area contributed by atoms with Crippen LogP contribution in [0.25, 0.3) is 12.2 Å². The molecular weight excluding hydrogens is 572 g/mol. The molecule has 0 unspecified atom stereocenters. The lowest BCUT2D eigenvalue weighted by atomic mass is 9.96. The molecule has 0 heterocycles. The summed E-state index contributed by atoms with van der Waals surface area (Å²) in [5.74, 6) is -1.31. The Hall–Kier alpha value is -5.89. The van der Waals surface area contributed by atoms with Gasteiger partial charge >= 0.3 is 5.97 Å². The number of rotatable bonds is 12. The Morgan fingerprint density at radius 1 is 0.711 bits per heavy atom. The Kier molecular flexibility index (Phi) is 10.7. The van der Waals surface area contributed by atoms with Crippen molar-refractivity contribution in [1.29, 1.82) is 0 Å². The highest BCUT2D eigenvalue weighted by Crippen LogP contribution is 2.31. The third-order valence-electron chi connectivity index (χ3n) is 6.82. The van der Waals surface area contributed by atoms with Crippen LogP contribution >= 0.6 is 0 Å². The van der Waals surface area contributed by atoms with Crippen molar-refractivity contribution in [2.24, 2.45) is 0 Å². The summed E-state index contributed by atoms with van der Waals surface area (Å²) in [5.41, 5.74) is 2.91. The van der Waals surface area contributed by atoms with Crippen molar-refractivity contribution in [2.75, 3.05) is 14.2 Å². The first kappa shape index (κ1) is 32.0. The van der Waals surface area contributed by atoms with Crippen LogP contribution in [0.3, 0.4) is 0 Å². The lowest BCUT2D eigenvalue weighted by molar-refractivity contribution is -0.135. The van der Waals surface area contributed by atoms with E-state index in [1.54, 1.807) is 91.9 Å². The fourth-order valence-corrected chi connectivity index (χ4v) is 4.31. The number of methoxy groups -OCH3 is 2. The number of hydrogen-bond acceptors (Lipinski definition) is 8. The standard InChI is InChI=1S/C37H32O8/c1-24(28-10-7-11-29(22-28)36(41)27-8-5-4-6-9-27)37(42)45-33-19-15-26(21-35(33)44-3)13-17-31(39)23-30(38)16-12-25-14-18-32(40)34(20-25)43-2/h4-24,38,40H,1-3H3/b16-12+,17-13+,30-23-/t24-/m0/s1. The maximum absolute atomic E-state index is 13.1. The lowest BCUT2D eigenvalue weighted by Crippen LogP contribution is -2.17. The van der Waals surface area contributed by atoms with E-state index in [-0.39, 0.29) is 34.5 Å². The van der Waals surface area contributed by atoms with E-state index in [1.807, 2.05) is 6.07 Å². The first-order chi connectivity index (χ1) is 21.7. The van der Waals surface area contributed by atoms with Crippen molar-refractivity contribution in [3.63, 3.8) is 0 Å². The molecule has 4 aromatic rings. The van der Waals surface area contributed by atoms with Crippen molar-refractivity contribution in [3.05, 3.63) is 143 Å². The molecular formula is C37H32O8. The minimum atomic E-state index is -0.667. The molecule has 4 rings (SSSR count). The van der Waals surface area contributed by atoms with Gasteiger partial charge in [0.05, 0.1) is 20.1 Å². The number of allylic oxidation sites excluding steroid dienone is 3. The molecule has 4 aromatic carbocycles. The third kappa shape index (κ3) is 8.58. The summed E-state index contributed by atoms with van der Waals surface area (Å²) < 4.78 is 16.1. The van der Waals surface area contributed by atoms with Gasteiger partial charge in [0, 0.05) is 17.2 Å². The van der Waals surface area contributed by atoms with Crippen LogP contribution in [0.2, 0.25) is 0 Å². The summed E-state index contributed by atoms with van der Waals surface area (Å²) in [7, 11) is 2.87. The van der Waals surface area contributed by atoms with Crippen molar-refractivity contribution in [3.8, 4) is 23.0 Å². The van der Waals surface area contributed by atoms with Gasteiger partial charge in [-0.1, -0.05) is 72.8 Å². The number of phenolic OH excluding ortho intramolecular Hbond substituents is 1. The van der Waals surface area contributed by atoms with Crippen LogP contribution in [-0.4, -0.2) is 42.0 Å². The van der Waals surface area contributed by atoms with Gasteiger partial charge in [0.15, 0.2) is 34.6 Å². The van der Waals surface area contributed by atoms with Crippen LogP contribution in [0.5, 0.6) is 23.0 Å². The van der Waals surface area contributed by atoms with E-state index in [2.05, 4.69) is 0 Å². The number of carbonyl (C=O) groups is 3. The number of hydrogen-bond donors (Lipinski definition) is 2. The van der Waals surface area contributed by atoms with Gasteiger partial charge in [0.1, 0.15) is 5.76 Å². The SMILES string of the molecule is COc1cc(/C=C/C(O)=C/C(=O)/C=C/c2ccc(OC(=O)[C@@H](C)c3cccc(C(=O)c4ccccc4)c3)c(OC)c2)ccc1O. The zero-order chi connectivity index (χ0) is 32.3. The van der Waals surface area contributed by atoms with Crippen LogP contribution in [-0.2, 0) is 9.59 Å². The quantitative estimate of drug-likeness (QED) is 0.0439. The van der Waals surface area contributed by atoms with E-state index >= 15 is 0 Å². The number of carbonyl (C=O) groups excluding carboxylic acids is 3. The van der Waals surface area contributed by atoms with Crippen LogP contribution in [0.4, 0.5) is 0 Å². The Bertz CT molecular complexity index is 1780. The minimum absolute atomic E-state index is 0.00806. The number of ketones is 2. The second-order valence-electron chi connectivity index (χ2n) is 9.94. The number of aromatic hydroxyl groups is 1. The molecule has 0 radical (unpaired) electrons. The van der Waals surface area contributed by atoms with Gasteiger partial charge in [-0.2, -0.15) is 0 Å². The van der Waals surface area contributed by atoms with E-state index in [1.165, 1.54) is 38.5 Å². The Morgan fingerprint density at radius 2 is 1.36 bits per heavy atom. The topological polar surface area (TPSA) is 119 Å². The van der Waals surface area contributed by atoms with Gasteiger partial charge in [-0.05, 0) is 66.1 Å². The predicted molar refractivity (Wildman–Crippen MR) is 172 cm³/mol. The normalized spacial score (nSPS) is 12.2. The largest absolute Gasteiger partial charge is 0.508 e. The summed E-state index contributed by atoms with van der Waals surface area (Å²) in [4.78, 5) is 38.3. The van der Waals surface area contributed by atoms with Crippen LogP contribution < -0.4 is 14.2 Å². The monoisotopic (exact) mass is 604 g/mol. The first-order valence-corrected chi connectivity index (χ1v) is 14.0. The third-order valence-corrected chi connectivity index (χ3v) is 6.82. The van der Waals surface area contributed by atoms with Crippen molar-refractivity contribution < 1.29 is 38.8 Å². The molecule has 0 bridgehead atoms. The number of esters is 1. The van der Waals surface area contributed by atoms with E-state index in [4.69, 9.17) is 14.2 Å². The molecule has 2 N–H and O–H groups in total. The Morgan fingerprint density at radius 3 is 2.07 bits per heavy atom. The summed E-state index contributed by atoms with van der Waals surface area (Å²) >= 11 is 0. The molecule has 45 heavy (non-hydrogen) atoms. The molecule has 0 amide bonds. The lowest BCUT2D eigenvalue weighted by Gasteiger charge is -2.15. The molecule has 0 saturated heterocycles. The highest BCUT2D eigenvalue weighted by atomic mass is 16.6. The smallest absolute Gasteiger partial charge is 0.318 e. The number of ether oxygens (including phenoxy) is 3. The minimum Gasteiger partial charge on any atom is -0.508 e. The number of benzene rings is 4. The van der Waals surface area contributed by atoms with Gasteiger partial charge in [-0.15, -0.1) is 0 Å². The Balaban J connectivity index is 1.40. The number of phenols is 1. The van der Waals surface area contributed by atoms with Crippen molar-refractivity contribution in [2.45, 2.75) is 12.8 Å². The summed E-state index contributed by atoms with van der Waals surface area (Å²) in [6.07, 6.45) is 6.79. The molecule has 0 fully saturated rings. The molecule has 0 aliphatic heterocycles. The molecule has 0 spiro atoms. The van der Waals surface area contributed by atoms with E-state index in [0.29, 0.717) is 27.8 Å². The zero-order valence-electron chi connectivity index (χ0n) is 25.0. The molecule has 1 atom stereocenters. The maximum atomic E-state index is 13.1. The van der Waals surface area contributed by atoms with Gasteiger partial charge in [0.25, 0.3) is 0 Å². The van der Waals surface area contributed by atoms with Gasteiger partial charge in [-0.25, -0.2) is 0 Å². The predicted octanol–water partition coefficient (Wildman–Crippen LogP) is 7.09. The van der Waals surface area contributed by atoms with Gasteiger partial charge < -0.3 is 24.4 Å². The summed E-state index contributed by atoms with van der Waals surface area (Å²) in [5, 5.41) is 19.8. The van der Waals surface area contributed by atoms with Crippen LogP contribution in [0.15, 0.2) is 115 Å². The second-order valence-corrected chi connectivity index (χ2v) is 9.94. The van der Waals surface area contributed by atoms with Gasteiger partial charge in [0.2, 0.25) is 0 Å². The van der Waals surface area contributed by atoms with Gasteiger partial charge in [-0.3, -0.25) is 14.4 Å². The maximum Gasteiger partial charge on any atom is 0.318 e. The highest BCUT2D eigenvalue weighted by molar-refractivity contribution is 6.09. The molecule has 8 nitrogen and oxygen atoms in total. The van der Waals surface area contributed by atoms with Crippen molar-refractivity contribution in [1.82, 2.24) is 0 Å². The summed E-state index contributed by atoms with van der Waals surface area (Å²) in [6.45, 7) is 1.70. The fraction of sp³-hybridized carbons (Fsp3) is 0.108. The highest BCUT2D eigenvalue weighted by Gasteiger charge is 2.21. The molecule has 8 heteroatoms. The van der Waals surface area contributed by atoms with E-state index < -0.39 is 17.7 Å². The zero-order valence-corrected chi connectivity index (χ0v) is 25.0. The molecule has 0 aromatic heterocycles. The van der Waals surface area contributed by atoms with E-state index in [9.17, 15) is 24.6 Å². The van der Waals surface area contributed by atoms with Crippen LogP contribution in [0.1, 0.15) is 45.5 Å². The van der Waals surface area contributed by atoms with E-state index in [0.717, 1.165) is 6.08 Å². The fourth-order valence-electron chi connectivity index (χ4n) is 4.31. The summed E-state index contributed by atoms with van der Waals surface area (Å²) in [6, 6.07) is 25.3. The average Bonchev–Trinajstić information content (AvgIpc) is 3.07. The second kappa shape index (κ2) is 15.0.